The van der Waals surface area contributed by atoms with Gasteiger partial charge in [-0.2, -0.15) is 15.8 Å². The fourth-order valence-corrected chi connectivity index (χ4v) is 4.92. The second-order valence-corrected chi connectivity index (χ2v) is 8.06. The van der Waals surface area contributed by atoms with Crippen molar-refractivity contribution >= 4 is 5.71 Å². The molecule has 0 radical (unpaired) electrons. The molecule has 1 saturated carbocycles. The Morgan fingerprint density at radius 1 is 1.13 bits per heavy atom. The highest BCUT2D eigenvalue weighted by atomic mass is 16.3. The lowest BCUT2D eigenvalue weighted by molar-refractivity contribution is -0.913. The Balaban J connectivity index is 1.80. The molecule has 1 unspecified atom stereocenters. The van der Waals surface area contributed by atoms with Crippen LogP contribution in [0, 0.1) is 63.6 Å². The van der Waals surface area contributed by atoms with Gasteiger partial charge in [-0.15, -0.1) is 0 Å². The van der Waals surface area contributed by atoms with Crippen LogP contribution in [0.1, 0.15) is 23.0 Å². The zero-order chi connectivity index (χ0) is 21.3. The fourth-order valence-electron chi connectivity index (χ4n) is 4.92. The molecular formula is C24H22N5O+. The van der Waals surface area contributed by atoms with Gasteiger partial charge in [0.2, 0.25) is 0 Å². The van der Waals surface area contributed by atoms with E-state index in [2.05, 4.69) is 30.3 Å². The average Bonchev–Trinajstić information content (AvgIpc) is 3.19. The highest BCUT2D eigenvalue weighted by Gasteiger charge is 2.59. The summed E-state index contributed by atoms with van der Waals surface area (Å²) in [7, 11) is 0. The van der Waals surface area contributed by atoms with Crippen LogP contribution in [0.5, 0.6) is 0 Å². The number of quaternary nitrogens is 1. The highest BCUT2D eigenvalue weighted by Crippen LogP contribution is 2.52. The van der Waals surface area contributed by atoms with Gasteiger partial charge in [-0.05, 0) is 30.7 Å². The third-order valence-corrected chi connectivity index (χ3v) is 6.33. The maximum absolute atomic E-state index is 10.1. The Labute approximate surface area is 175 Å². The largest absolute Gasteiger partial charge is 0.466 e. The topological polar surface area (TPSA) is 113 Å². The van der Waals surface area contributed by atoms with Gasteiger partial charge in [-0.3, -0.25) is 0 Å². The monoisotopic (exact) mass is 396 g/mol. The SMILES string of the molecule is Cc1ccc([C@@H]2[C@@H]3C[NH+](Cc4ccccc4)CC=C3[C@@H](C#N)C(=N)C2(C#N)C#N)o1. The van der Waals surface area contributed by atoms with Crippen LogP contribution in [-0.2, 0) is 6.54 Å². The molecule has 4 rings (SSSR count). The van der Waals surface area contributed by atoms with E-state index in [1.165, 1.54) is 10.5 Å². The van der Waals surface area contributed by atoms with Crippen molar-refractivity contribution < 1.29 is 9.32 Å². The minimum Gasteiger partial charge on any atom is -0.466 e. The molecule has 2 aromatic rings. The molecule has 4 atom stereocenters. The number of rotatable bonds is 3. The average molecular weight is 396 g/mol. The van der Waals surface area contributed by atoms with Crippen LogP contribution >= 0.6 is 0 Å². The molecule has 1 aromatic heterocycles. The summed E-state index contributed by atoms with van der Waals surface area (Å²) in [4.78, 5) is 1.29. The Bertz CT molecular complexity index is 1110. The standard InChI is InChI=1S/C24H21N5O/c1-16-7-8-21(30-16)22-20-13-29(12-17-5-3-2-4-6-17)10-9-18(20)19(11-25)23(28)24(22,14-26)15-27/h2-9,19-20,22,28H,10,12-13H2,1H3/p+1/t19-,20-,22+/m1/s1. The number of hydrogen-bond donors (Lipinski definition) is 2. The number of benzene rings is 1. The van der Waals surface area contributed by atoms with Crippen LogP contribution in [-0.4, -0.2) is 18.8 Å². The van der Waals surface area contributed by atoms with Gasteiger partial charge in [0.15, 0.2) is 5.41 Å². The molecular weight excluding hydrogens is 374 g/mol. The van der Waals surface area contributed by atoms with Crippen LogP contribution < -0.4 is 4.90 Å². The highest BCUT2D eigenvalue weighted by molar-refractivity contribution is 6.00. The van der Waals surface area contributed by atoms with E-state index in [4.69, 9.17) is 9.83 Å². The molecule has 0 saturated heterocycles. The van der Waals surface area contributed by atoms with Crippen molar-refractivity contribution in [2.75, 3.05) is 13.1 Å². The van der Waals surface area contributed by atoms with Crippen LogP contribution in [0.25, 0.3) is 0 Å². The first kappa shape index (κ1) is 19.6. The minimum atomic E-state index is -1.72. The molecule has 6 nitrogen and oxygen atoms in total. The Morgan fingerprint density at radius 2 is 1.87 bits per heavy atom. The van der Waals surface area contributed by atoms with Gasteiger partial charge in [0.25, 0.3) is 0 Å². The predicted molar refractivity (Wildman–Crippen MR) is 109 cm³/mol. The van der Waals surface area contributed by atoms with E-state index < -0.39 is 17.3 Å². The Kier molecular flexibility index (Phi) is 5.00. The van der Waals surface area contributed by atoms with Crippen LogP contribution in [0.15, 0.2) is 58.5 Å². The second kappa shape index (κ2) is 7.64. The molecule has 0 spiro atoms. The number of aryl methyl sites for hydroxylation is 1. The summed E-state index contributed by atoms with van der Waals surface area (Å²) in [6, 6.07) is 20.2. The molecule has 2 aliphatic rings. The van der Waals surface area contributed by atoms with Gasteiger partial charge in [-0.25, -0.2) is 0 Å². The molecule has 6 heteroatoms. The zero-order valence-corrected chi connectivity index (χ0v) is 16.7. The summed E-state index contributed by atoms with van der Waals surface area (Å²) >= 11 is 0. The summed E-state index contributed by atoms with van der Waals surface area (Å²) in [6.45, 7) is 4.04. The number of nitriles is 3. The lowest BCUT2D eigenvalue weighted by atomic mass is 9.55. The van der Waals surface area contributed by atoms with Crippen molar-refractivity contribution in [3.05, 3.63) is 71.2 Å². The van der Waals surface area contributed by atoms with Crippen LogP contribution in [0.2, 0.25) is 0 Å². The normalized spacial score (nSPS) is 27.1. The minimum absolute atomic E-state index is 0.136. The molecule has 2 heterocycles. The van der Waals surface area contributed by atoms with E-state index in [9.17, 15) is 15.8 Å². The number of fused-ring (bicyclic) bond motifs is 1. The zero-order valence-electron chi connectivity index (χ0n) is 16.7. The third-order valence-electron chi connectivity index (χ3n) is 6.33. The van der Waals surface area contributed by atoms with E-state index in [1.54, 1.807) is 6.07 Å². The molecule has 2 N–H and O–H groups in total. The Morgan fingerprint density at radius 3 is 2.47 bits per heavy atom. The summed E-state index contributed by atoms with van der Waals surface area (Å²) in [5, 5.41) is 38.6. The molecule has 0 bridgehead atoms. The van der Waals surface area contributed by atoms with Crippen molar-refractivity contribution in [2.45, 2.75) is 19.4 Å². The maximum atomic E-state index is 10.1. The third kappa shape index (κ3) is 3.01. The first-order valence-electron chi connectivity index (χ1n) is 9.99. The fraction of sp³-hybridized carbons (Fsp3) is 0.333. The van der Waals surface area contributed by atoms with Gasteiger partial charge in [0.05, 0.1) is 42.9 Å². The molecule has 1 fully saturated rings. The summed E-state index contributed by atoms with van der Waals surface area (Å²) < 4.78 is 5.88. The predicted octanol–water partition coefficient (Wildman–Crippen LogP) is 2.52. The van der Waals surface area contributed by atoms with E-state index >= 15 is 0 Å². The van der Waals surface area contributed by atoms with E-state index in [-0.39, 0.29) is 11.6 Å². The molecule has 1 aliphatic carbocycles. The van der Waals surface area contributed by atoms with Gasteiger partial charge in [0, 0.05) is 11.5 Å². The number of hydrogen-bond acceptors (Lipinski definition) is 5. The number of nitrogens with zero attached hydrogens (tertiary/aromatic N) is 3. The second-order valence-electron chi connectivity index (χ2n) is 8.06. The number of nitrogens with one attached hydrogen (secondary N) is 2. The van der Waals surface area contributed by atoms with E-state index in [1.807, 2.05) is 37.3 Å². The molecule has 1 aromatic carbocycles. The molecule has 148 valence electrons. The van der Waals surface area contributed by atoms with Gasteiger partial charge < -0.3 is 14.7 Å². The summed E-state index contributed by atoms with van der Waals surface area (Å²) in [5.74, 6) is -0.455. The van der Waals surface area contributed by atoms with Gasteiger partial charge >= 0.3 is 0 Å². The van der Waals surface area contributed by atoms with Crippen LogP contribution in [0.3, 0.4) is 0 Å². The first-order valence-corrected chi connectivity index (χ1v) is 9.99. The van der Waals surface area contributed by atoms with Crippen molar-refractivity contribution in [2.24, 2.45) is 17.3 Å². The van der Waals surface area contributed by atoms with Crippen molar-refractivity contribution in [3.63, 3.8) is 0 Å². The van der Waals surface area contributed by atoms with E-state index in [0.717, 1.165) is 18.7 Å². The Hall–Kier alpha value is -3.66. The van der Waals surface area contributed by atoms with Crippen molar-refractivity contribution in [3.8, 4) is 18.2 Å². The lowest BCUT2D eigenvalue weighted by Crippen LogP contribution is -3.12. The van der Waals surface area contributed by atoms with Crippen molar-refractivity contribution in [1.29, 1.82) is 21.2 Å². The first-order chi connectivity index (χ1) is 14.5. The van der Waals surface area contributed by atoms with Gasteiger partial charge in [0.1, 0.15) is 24.0 Å². The summed E-state index contributed by atoms with van der Waals surface area (Å²) in [5.41, 5.74) is 0.200. The molecule has 1 aliphatic heterocycles. The van der Waals surface area contributed by atoms with Crippen LogP contribution in [0.4, 0.5) is 0 Å². The van der Waals surface area contributed by atoms with Crippen molar-refractivity contribution in [1.82, 2.24) is 0 Å². The number of furan rings is 1. The lowest BCUT2D eigenvalue weighted by Gasteiger charge is -2.45. The smallest absolute Gasteiger partial charge is 0.192 e. The quantitative estimate of drug-likeness (QED) is 0.776. The van der Waals surface area contributed by atoms with E-state index in [0.29, 0.717) is 18.1 Å². The summed E-state index contributed by atoms with van der Waals surface area (Å²) in [6.07, 6.45) is 2.04. The maximum Gasteiger partial charge on any atom is 0.192 e. The van der Waals surface area contributed by atoms with Gasteiger partial charge in [-0.1, -0.05) is 30.3 Å². The molecule has 0 amide bonds. The molecule has 30 heavy (non-hydrogen) atoms.